The fourth-order valence-electron chi connectivity index (χ4n) is 1.01. The van der Waals surface area contributed by atoms with E-state index in [4.69, 9.17) is 5.84 Å². The van der Waals surface area contributed by atoms with Crippen LogP contribution in [0.25, 0.3) is 0 Å². The van der Waals surface area contributed by atoms with Crippen molar-refractivity contribution in [2.75, 3.05) is 13.6 Å². The molecule has 1 aromatic heterocycles. The Bertz CT molecular complexity index is 266. The van der Waals surface area contributed by atoms with Gasteiger partial charge in [0.1, 0.15) is 12.2 Å². The van der Waals surface area contributed by atoms with Gasteiger partial charge < -0.3 is 5.32 Å². The highest BCUT2D eigenvalue weighted by molar-refractivity contribution is 5.78. The van der Waals surface area contributed by atoms with E-state index in [2.05, 4.69) is 30.9 Å². The van der Waals surface area contributed by atoms with Crippen molar-refractivity contribution < 1.29 is 0 Å². The molecule has 14 heavy (non-hydrogen) atoms. The van der Waals surface area contributed by atoms with Gasteiger partial charge in [0, 0.05) is 20.0 Å². The molecule has 0 saturated heterocycles. The van der Waals surface area contributed by atoms with E-state index in [1.54, 1.807) is 7.05 Å². The molecule has 0 aliphatic heterocycles. The molecule has 5 N–H and O–H groups in total. The normalized spacial score (nSPS) is 11.4. The van der Waals surface area contributed by atoms with Gasteiger partial charge >= 0.3 is 0 Å². The van der Waals surface area contributed by atoms with Crippen LogP contribution in [-0.2, 0) is 6.42 Å². The van der Waals surface area contributed by atoms with Gasteiger partial charge in [-0.25, -0.2) is 10.8 Å². The molecule has 0 aliphatic carbocycles. The van der Waals surface area contributed by atoms with E-state index in [1.165, 1.54) is 6.33 Å². The molecule has 0 unspecified atom stereocenters. The maximum atomic E-state index is 5.19. The minimum absolute atomic E-state index is 0.586. The van der Waals surface area contributed by atoms with Gasteiger partial charge in [0.2, 0.25) is 5.96 Å². The van der Waals surface area contributed by atoms with Crippen molar-refractivity contribution in [3.8, 4) is 0 Å². The van der Waals surface area contributed by atoms with Crippen molar-refractivity contribution >= 4 is 5.96 Å². The Kier molecular flexibility index (Phi) is 4.42. The Morgan fingerprint density at radius 2 is 2.57 bits per heavy atom. The topological polar surface area (TPSA) is 104 Å². The number of aromatic amines is 1. The van der Waals surface area contributed by atoms with Gasteiger partial charge in [-0.15, -0.1) is 0 Å². The third-order valence-corrected chi connectivity index (χ3v) is 1.71. The van der Waals surface area contributed by atoms with Crippen molar-refractivity contribution in [3.05, 3.63) is 12.2 Å². The summed E-state index contributed by atoms with van der Waals surface area (Å²) in [6, 6.07) is 0. The van der Waals surface area contributed by atoms with Gasteiger partial charge in [-0.2, -0.15) is 5.10 Å². The standard InChI is InChI=1S/C7H15N7/c1-9-7(13-8)10-4-2-3-6-11-5-12-14-6/h5H,2-4,8H2,1H3,(H2,9,10,13)(H,11,12,14). The fraction of sp³-hybridized carbons (Fsp3) is 0.571. The van der Waals surface area contributed by atoms with E-state index in [-0.39, 0.29) is 0 Å². The number of hydrogen-bond acceptors (Lipinski definition) is 4. The lowest BCUT2D eigenvalue weighted by Gasteiger charge is -2.06. The van der Waals surface area contributed by atoms with Crippen molar-refractivity contribution in [1.29, 1.82) is 0 Å². The van der Waals surface area contributed by atoms with Crippen molar-refractivity contribution in [2.45, 2.75) is 12.8 Å². The predicted octanol–water partition coefficient (Wildman–Crippen LogP) is -1.22. The molecule has 1 heterocycles. The van der Waals surface area contributed by atoms with Crippen LogP contribution in [0.4, 0.5) is 0 Å². The Morgan fingerprint density at radius 3 is 3.14 bits per heavy atom. The molecule has 1 aromatic rings. The molecule has 0 aliphatic rings. The molecule has 0 bridgehead atoms. The van der Waals surface area contributed by atoms with Crippen LogP contribution in [0.3, 0.4) is 0 Å². The summed E-state index contributed by atoms with van der Waals surface area (Å²) in [5, 5.41) is 9.58. The van der Waals surface area contributed by atoms with Crippen LogP contribution in [0.15, 0.2) is 11.3 Å². The zero-order valence-corrected chi connectivity index (χ0v) is 8.12. The molecule has 0 atom stereocenters. The van der Waals surface area contributed by atoms with E-state index < -0.39 is 0 Å². The molecule has 1 rings (SSSR count). The Labute approximate surface area is 82.2 Å². The molecular formula is C7H15N7. The maximum Gasteiger partial charge on any atom is 0.205 e. The Balaban J connectivity index is 2.10. The van der Waals surface area contributed by atoms with Gasteiger partial charge in [-0.3, -0.25) is 15.5 Å². The molecular weight excluding hydrogens is 182 g/mol. The number of rotatable bonds is 4. The second kappa shape index (κ2) is 5.92. The van der Waals surface area contributed by atoms with Gasteiger partial charge in [0.05, 0.1) is 0 Å². The van der Waals surface area contributed by atoms with Gasteiger partial charge in [-0.05, 0) is 6.42 Å². The quantitative estimate of drug-likeness (QED) is 0.159. The third kappa shape index (κ3) is 3.40. The summed E-state index contributed by atoms with van der Waals surface area (Å²) < 4.78 is 0. The molecule has 0 fully saturated rings. The Hall–Kier alpha value is -1.63. The molecule has 7 heteroatoms. The number of H-pyrrole nitrogens is 1. The number of nitrogens with one attached hydrogen (secondary N) is 3. The molecule has 0 spiro atoms. The molecule has 0 amide bonds. The number of nitrogens with two attached hydrogens (primary N) is 1. The molecule has 0 saturated carbocycles. The molecule has 7 nitrogen and oxygen atoms in total. The van der Waals surface area contributed by atoms with Crippen LogP contribution in [0, 0.1) is 0 Å². The first-order valence-electron chi connectivity index (χ1n) is 4.38. The summed E-state index contributed by atoms with van der Waals surface area (Å²) in [6.45, 7) is 0.789. The monoisotopic (exact) mass is 197 g/mol. The largest absolute Gasteiger partial charge is 0.355 e. The smallest absolute Gasteiger partial charge is 0.205 e. The van der Waals surface area contributed by atoms with Crippen LogP contribution >= 0.6 is 0 Å². The summed E-state index contributed by atoms with van der Waals surface area (Å²) in [4.78, 5) is 7.88. The van der Waals surface area contributed by atoms with E-state index in [9.17, 15) is 0 Å². The zero-order chi connectivity index (χ0) is 10.2. The highest BCUT2D eigenvalue weighted by Gasteiger charge is 1.96. The summed E-state index contributed by atoms with van der Waals surface area (Å²) in [6.07, 6.45) is 3.30. The van der Waals surface area contributed by atoms with Crippen LogP contribution < -0.4 is 16.6 Å². The number of nitrogens with zero attached hydrogens (tertiary/aromatic N) is 3. The van der Waals surface area contributed by atoms with Gasteiger partial charge in [-0.1, -0.05) is 0 Å². The number of aromatic nitrogens is 3. The average molecular weight is 197 g/mol. The van der Waals surface area contributed by atoms with Crippen molar-refractivity contribution in [3.63, 3.8) is 0 Å². The Morgan fingerprint density at radius 1 is 1.71 bits per heavy atom. The predicted molar refractivity (Wildman–Crippen MR) is 53.4 cm³/mol. The van der Waals surface area contributed by atoms with E-state index >= 15 is 0 Å². The lowest BCUT2D eigenvalue weighted by molar-refractivity contribution is 0.727. The molecule has 0 aromatic carbocycles. The van der Waals surface area contributed by atoms with Crippen LogP contribution in [-0.4, -0.2) is 34.7 Å². The van der Waals surface area contributed by atoms with E-state index in [1.807, 2.05) is 0 Å². The second-order valence-electron chi connectivity index (χ2n) is 2.68. The summed E-state index contributed by atoms with van der Waals surface area (Å²) >= 11 is 0. The van der Waals surface area contributed by atoms with Crippen LogP contribution in [0.1, 0.15) is 12.2 Å². The average Bonchev–Trinajstić information content (AvgIpc) is 2.71. The second-order valence-corrected chi connectivity index (χ2v) is 2.68. The van der Waals surface area contributed by atoms with Crippen LogP contribution in [0.5, 0.6) is 0 Å². The van der Waals surface area contributed by atoms with Crippen molar-refractivity contribution in [2.24, 2.45) is 10.8 Å². The third-order valence-electron chi connectivity index (χ3n) is 1.71. The molecule has 78 valence electrons. The fourth-order valence-corrected chi connectivity index (χ4v) is 1.01. The highest BCUT2D eigenvalue weighted by atomic mass is 15.3. The number of hydrogen-bond donors (Lipinski definition) is 4. The minimum atomic E-state index is 0.586. The summed E-state index contributed by atoms with van der Waals surface area (Å²) in [5.74, 6) is 6.67. The van der Waals surface area contributed by atoms with Gasteiger partial charge in [0.25, 0.3) is 0 Å². The summed E-state index contributed by atoms with van der Waals surface area (Å²) in [7, 11) is 1.67. The van der Waals surface area contributed by atoms with E-state index in [0.29, 0.717) is 5.96 Å². The number of aryl methyl sites for hydroxylation is 1. The molecule has 0 radical (unpaired) electrons. The number of hydrazine groups is 1. The van der Waals surface area contributed by atoms with E-state index in [0.717, 1.165) is 25.2 Å². The first-order chi connectivity index (χ1) is 6.86. The summed E-state index contributed by atoms with van der Waals surface area (Å²) in [5.41, 5.74) is 2.45. The number of guanidine groups is 1. The van der Waals surface area contributed by atoms with Crippen LogP contribution in [0.2, 0.25) is 0 Å². The highest BCUT2D eigenvalue weighted by Crippen LogP contribution is 1.90. The minimum Gasteiger partial charge on any atom is -0.355 e. The first kappa shape index (κ1) is 10.5. The zero-order valence-electron chi connectivity index (χ0n) is 8.12. The lowest BCUT2D eigenvalue weighted by atomic mass is 10.3. The first-order valence-corrected chi connectivity index (χ1v) is 4.38. The number of aliphatic imine (C=N–C) groups is 1. The maximum absolute atomic E-state index is 5.19. The SMILES string of the molecule is CN=C(NN)NCCCc1ncn[nH]1. The van der Waals surface area contributed by atoms with Gasteiger partial charge in [0.15, 0.2) is 0 Å². The lowest BCUT2D eigenvalue weighted by Crippen LogP contribution is -2.41. The van der Waals surface area contributed by atoms with Crippen molar-refractivity contribution in [1.82, 2.24) is 25.9 Å².